The molecule has 6 heteroatoms. The van der Waals surface area contributed by atoms with Gasteiger partial charge >= 0.3 is 6.03 Å². The topological polar surface area (TPSA) is 68.2 Å². The molecule has 1 aliphatic heterocycles. The van der Waals surface area contributed by atoms with E-state index in [2.05, 4.69) is 27.9 Å². The van der Waals surface area contributed by atoms with E-state index in [1.807, 2.05) is 29.1 Å². The van der Waals surface area contributed by atoms with Crippen molar-refractivity contribution in [2.75, 3.05) is 19.8 Å². The number of aromatic nitrogens is 2. The molecular formula is C17H22N4O2. The number of nitrogens with zero attached hydrogens (tertiary/aromatic N) is 2. The Labute approximate surface area is 135 Å². The van der Waals surface area contributed by atoms with Crippen molar-refractivity contribution in [3.8, 4) is 0 Å². The van der Waals surface area contributed by atoms with Crippen molar-refractivity contribution in [1.29, 1.82) is 0 Å². The summed E-state index contributed by atoms with van der Waals surface area (Å²) in [6.07, 6.45) is 4.76. The SMILES string of the molecule is O=C(NCc1cnn(Cc2ccccc2)c1)NC[C@H]1CCOC1. The molecule has 0 bridgehead atoms. The third-order valence-electron chi connectivity index (χ3n) is 3.90. The first kappa shape index (κ1) is 15.6. The van der Waals surface area contributed by atoms with Gasteiger partial charge in [-0.15, -0.1) is 0 Å². The molecule has 0 spiro atoms. The Hall–Kier alpha value is -2.34. The van der Waals surface area contributed by atoms with Crippen molar-refractivity contribution in [3.63, 3.8) is 0 Å². The summed E-state index contributed by atoms with van der Waals surface area (Å²) >= 11 is 0. The van der Waals surface area contributed by atoms with E-state index < -0.39 is 0 Å². The monoisotopic (exact) mass is 314 g/mol. The maximum Gasteiger partial charge on any atom is 0.315 e. The van der Waals surface area contributed by atoms with E-state index in [0.717, 1.165) is 31.7 Å². The summed E-state index contributed by atoms with van der Waals surface area (Å²) < 4.78 is 7.16. The van der Waals surface area contributed by atoms with Gasteiger partial charge in [0.25, 0.3) is 0 Å². The van der Waals surface area contributed by atoms with Crippen LogP contribution in [0.3, 0.4) is 0 Å². The Morgan fingerprint density at radius 1 is 1.26 bits per heavy atom. The smallest absolute Gasteiger partial charge is 0.315 e. The first-order valence-electron chi connectivity index (χ1n) is 7.94. The minimum absolute atomic E-state index is 0.146. The van der Waals surface area contributed by atoms with Crippen LogP contribution in [0.4, 0.5) is 4.79 Å². The number of urea groups is 1. The molecule has 1 aromatic carbocycles. The second-order valence-electron chi connectivity index (χ2n) is 5.82. The Balaban J connectivity index is 1.41. The molecule has 2 amide bonds. The summed E-state index contributed by atoms with van der Waals surface area (Å²) in [6, 6.07) is 10.0. The molecule has 0 aliphatic carbocycles. The van der Waals surface area contributed by atoms with Crippen molar-refractivity contribution in [1.82, 2.24) is 20.4 Å². The van der Waals surface area contributed by atoms with Crippen LogP contribution in [0.1, 0.15) is 17.5 Å². The number of amides is 2. The van der Waals surface area contributed by atoms with E-state index in [1.54, 1.807) is 6.20 Å². The second-order valence-corrected chi connectivity index (χ2v) is 5.82. The van der Waals surface area contributed by atoms with Crippen LogP contribution < -0.4 is 10.6 Å². The van der Waals surface area contributed by atoms with Gasteiger partial charge < -0.3 is 15.4 Å². The highest BCUT2D eigenvalue weighted by Gasteiger charge is 2.16. The Morgan fingerprint density at radius 2 is 2.13 bits per heavy atom. The summed E-state index contributed by atoms with van der Waals surface area (Å²) in [7, 11) is 0. The average molecular weight is 314 g/mol. The predicted molar refractivity (Wildman–Crippen MR) is 86.9 cm³/mol. The van der Waals surface area contributed by atoms with Gasteiger partial charge in [0.05, 0.1) is 19.3 Å². The van der Waals surface area contributed by atoms with E-state index >= 15 is 0 Å². The summed E-state index contributed by atoms with van der Waals surface area (Å²) in [5.74, 6) is 0.439. The van der Waals surface area contributed by atoms with E-state index in [4.69, 9.17) is 4.74 Å². The fraction of sp³-hybridized carbons (Fsp3) is 0.412. The molecule has 3 rings (SSSR count). The minimum atomic E-state index is -0.146. The number of hydrogen-bond acceptors (Lipinski definition) is 3. The van der Waals surface area contributed by atoms with Crippen molar-refractivity contribution < 1.29 is 9.53 Å². The molecule has 2 heterocycles. The van der Waals surface area contributed by atoms with Crippen LogP contribution in [0.15, 0.2) is 42.7 Å². The van der Waals surface area contributed by atoms with Crippen molar-refractivity contribution in [2.24, 2.45) is 5.92 Å². The maximum atomic E-state index is 11.8. The number of hydrogen-bond donors (Lipinski definition) is 2. The Morgan fingerprint density at radius 3 is 2.91 bits per heavy atom. The number of carbonyl (C=O) groups excluding carboxylic acids is 1. The predicted octanol–water partition coefficient (Wildman–Crippen LogP) is 1.77. The van der Waals surface area contributed by atoms with Gasteiger partial charge in [-0.25, -0.2) is 4.79 Å². The highest BCUT2D eigenvalue weighted by atomic mass is 16.5. The van der Waals surface area contributed by atoms with Crippen LogP contribution in [0.2, 0.25) is 0 Å². The number of nitrogens with one attached hydrogen (secondary N) is 2. The van der Waals surface area contributed by atoms with Crippen molar-refractivity contribution >= 4 is 6.03 Å². The molecule has 0 unspecified atom stereocenters. The van der Waals surface area contributed by atoms with Gasteiger partial charge in [0.2, 0.25) is 0 Å². The summed E-state index contributed by atoms with van der Waals surface area (Å²) in [6.45, 7) is 3.41. The highest BCUT2D eigenvalue weighted by molar-refractivity contribution is 5.73. The average Bonchev–Trinajstić information content (AvgIpc) is 3.24. The zero-order valence-electron chi connectivity index (χ0n) is 13.1. The van der Waals surface area contributed by atoms with Crippen LogP contribution >= 0.6 is 0 Å². The number of rotatable bonds is 6. The summed E-state index contributed by atoms with van der Waals surface area (Å²) in [5.41, 5.74) is 2.19. The number of ether oxygens (including phenoxy) is 1. The molecule has 0 saturated carbocycles. The van der Waals surface area contributed by atoms with E-state index in [1.165, 1.54) is 5.56 Å². The largest absolute Gasteiger partial charge is 0.381 e. The van der Waals surface area contributed by atoms with Gasteiger partial charge in [0.1, 0.15) is 0 Å². The molecule has 122 valence electrons. The van der Waals surface area contributed by atoms with E-state index in [-0.39, 0.29) is 6.03 Å². The molecule has 2 aromatic rings. The van der Waals surface area contributed by atoms with Crippen molar-refractivity contribution in [3.05, 3.63) is 53.9 Å². The van der Waals surface area contributed by atoms with Crippen LogP contribution in [-0.2, 0) is 17.8 Å². The molecule has 6 nitrogen and oxygen atoms in total. The lowest BCUT2D eigenvalue weighted by Crippen LogP contribution is -2.37. The molecule has 1 aliphatic rings. The summed E-state index contributed by atoms with van der Waals surface area (Å²) in [4.78, 5) is 11.8. The molecule has 23 heavy (non-hydrogen) atoms. The minimum Gasteiger partial charge on any atom is -0.381 e. The molecule has 0 radical (unpaired) electrons. The fourth-order valence-electron chi connectivity index (χ4n) is 2.58. The first-order valence-corrected chi connectivity index (χ1v) is 7.94. The van der Waals surface area contributed by atoms with Crippen LogP contribution in [0, 0.1) is 5.92 Å². The Bertz CT molecular complexity index is 621. The molecule has 1 atom stereocenters. The lowest BCUT2D eigenvalue weighted by atomic mass is 10.1. The van der Waals surface area contributed by atoms with Gasteiger partial charge in [0, 0.05) is 37.4 Å². The third-order valence-corrected chi connectivity index (χ3v) is 3.90. The Kier molecular flexibility index (Phi) is 5.26. The highest BCUT2D eigenvalue weighted by Crippen LogP contribution is 2.10. The van der Waals surface area contributed by atoms with Gasteiger partial charge in [-0.1, -0.05) is 30.3 Å². The number of benzene rings is 1. The van der Waals surface area contributed by atoms with Gasteiger partial charge in [-0.3, -0.25) is 4.68 Å². The second kappa shape index (κ2) is 7.78. The lowest BCUT2D eigenvalue weighted by Gasteiger charge is -2.10. The van der Waals surface area contributed by atoms with Crippen molar-refractivity contribution in [2.45, 2.75) is 19.5 Å². The molecule has 1 saturated heterocycles. The fourth-order valence-corrected chi connectivity index (χ4v) is 2.58. The van der Waals surface area contributed by atoms with Gasteiger partial charge in [-0.2, -0.15) is 5.10 Å². The first-order chi connectivity index (χ1) is 11.3. The number of carbonyl (C=O) groups is 1. The molecule has 1 fully saturated rings. The zero-order valence-corrected chi connectivity index (χ0v) is 13.1. The van der Waals surface area contributed by atoms with Gasteiger partial charge in [0.15, 0.2) is 0 Å². The summed E-state index contributed by atoms with van der Waals surface area (Å²) in [5, 5.41) is 10.1. The lowest BCUT2D eigenvalue weighted by molar-refractivity contribution is 0.185. The molecule has 1 aromatic heterocycles. The van der Waals surface area contributed by atoms with Crippen LogP contribution in [-0.4, -0.2) is 35.6 Å². The normalized spacial score (nSPS) is 17.1. The quantitative estimate of drug-likeness (QED) is 0.854. The van der Waals surface area contributed by atoms with Crippen LogP contribution in [0.25, 0.3) is 0 Å². The van der Waals surface area contributed by atoms with E-state index in [9.17, 15) is 4.79 Å². The maximum absolute atomic E-state index is 11.8. The molecular weight excluding hydrogens is 292 g/mol. The standard InChI is InChI=1S/C17H22N4O2/c22-17(18-8-15-6-7-23-13-15)19-9-16-10-20-21(12-16)11-14-4-2-1-3-5-14/h1-5,10,12,15H,6-9,11,13H2,(H2,18,19,22)/t15-/m1/s1. The zero-order chi connectivity index (χ0) is 15.9. The molecule has 2 N–H and O–H groups in total. The third kappa shape index (κ3) is 4.82. The van der Waals surface area contributed by atoms with Crippen LogP contribution in [0.5, 0.6) is 0 Å². The van der Waals surface area contributed by atoms with E-state index in [0.29, 0.717) is 19.0 Å². The van der Waals surface area contributed by atoms with Gasteiger partial charge in [-0.05, 0) is 12.0 Å².